The zero-order valence-electron chi connectivity index (χ0n) is 20.8. The zero-order valence-corrected chi connectivity index (χ0v) is 20.8. The standard InChI is InChI=1S/C31H26N2O5/c1-36-26-14-8-13-24(19-26)32-30(34)27-28(33(38-29(27)31(32)35)23-11-6-3-7-12-23)22-15-17-25(18-16-22)37-20-21-9-4-2-5-10-21/h2-19,27-29H,20H2,1H3. The smallest absolute Gasteiger partial charge is 0.266 e. The maximum Gasteiger partial charge on any atom is 0.266 e. The molecule has 3 atom stereocenters. The molecule has 0 saturated carbocycles. The highest BCUT2D eigenvalue weighted by Gasteiger charge is 2.60. The van der Waals surface area contributed by atoms with Gasteiger partial charge in [-0.1, -0.05) is 66.7 Å². The van der Waals surface area contributed by atoms with Crippen molar-refractivity contribution >= 4 is 23.2 Å². The van der Waals surface area contributed by atoms with E-state index in [9.17, 15) is 9.59 Å². The van der Waals surface area contributed by atoms with Crippen molar-refractivity contribution in [1.82, 2.24) is 0 Å². The predicted octanol–water partition coefficient (Wildman–Crippen LogP) is 5.33. The molecule has 0 aliphatic carbocycles. The molecule has 6 rings (SSSR count). The van der Waals surface area contributed by atoms with Crippen molar-refractivity contribution in [2.75, 3.05) is 17.1 Å². The average molecular weight is 507 g/mol. The number of rotatable bonds is 7. The number of benzene rings is 4. The number of anilines is 2. The van der Waals surface area contributed by atoms with Gasteiger partial charge in [0.25, 0.3) is 5.91 Å². The van der Waals surface area contributed by atoms with Gasteiger partial charge >= 0.3 is 0 Å². The Bertz CT molecular complexity index is 1440. The minimum Gasteiger partial charge on any atom is -0.497 e. The molecule has 4 aromatic carbocycles. The van der Waals surface area contributed by atoms with Crippen LogP contribution in [0.2, 0.25) is 0 Å². The normalized spacial score (nSPS) is 20.5. The van der Waals surface area contributed by atoms with Crippen LogP contribution in [-0.4, -0.2) is 25.0 Å². The van der Waals surface area contributed by atoms with E-state index in [2.05, 4.69) is 0 Å². The molecular weight excluding hydrogens is 480 g/mol. The fraction of sp³-hybridized carbons (Fsp3) is 0.161. The highest BCUT2D eigenvalue weighted by atomic mass is 16.7. The van der Waals surface area contributed by atoms with E-state index in [1.165, 1.54) is 4.90 Å². The molecule has 2 amide bonds. The molecule has 2 fully saturated rings. The van der Waals surface area contributed by atoms with E-state index in [4.69, 9.17) is 14.3 Å². The Morgan fingerprint density at radius 2 is 1.42 bits per heavy atom. The first-order chi connectivity index (χ1) is 18.6. The van der Waals surface area contributed by atoms with E-state index in [1.54, 1.807) is 36.4 Å². The molecule has 3 unspecified atom stereocenters. The maximum absolute atomic E-state index is 13.8. The second kappa shape index (κ2) is 10.0. The van der Waals surface area contributed by atoms with Crippen LogP contribution >= 0.6 is 0 Å². The summed E-state index contributed by atoms with van der Waals surface area (Å²) in [6, 6.07) is 33.5. The lowest BCUT2D eigenvalue weighted by Gasteiger charge is -2.29. The second-order valence-electron chi connectivity index (χ2n) is 9.21. The Morgan fingerprint density at radius 1 is 0.737 bits per heavy atom. The molecule has 2 aliphatic rings. The summed E-state index contributed by atoms with van der Waals surface area (Å²) in [5, 5.41) is 1.69. The third-order valence-corrected chi connectivity index (χ3v) is 6.91. The van der Waals surface area contributed by atoms with E-state index in [0.717, 1.165) is 16.8 Å². The average Bonchev–Trinajstić information content (AvgIpc) is 3.48. The fourth-order valence-electron chi connectivity index (χ4n) is 5.06. The summed E-state index contributed by atoms with van der Waals surface area (Å²) in [6.07, 6.45) is -0.937. The SMILES string of the molecule is COc1cccc(N2C(=O)C3ON(c4ccccc4)C(c4ccc(OCc5ccccc5)cc4)C3C2=O)c1. The molecule has 0 spiro atoms. The summed E-state index contributed by atoms with van der Waals surface area (Å²) in [6.45, 7) is 0.454. The van der Waals surface area contributed by atoms with E-state index in [0.29, 0.717) is 23.8 Å². The van der Waals surface area contributed by atoms with Crippen molar-refractivity contribution in [3.05, 3.63) is 120 Å². The van der Waals surface area contributed by atoms with Crippen molar-refractivity contribution in [2.45, 2.75) is 18.8 Å². The molecule has 2 aliphatic heterocycles. The molecule has 7 heteroatoms. The highest BCUT2D eigenvalue weighted by molar-refractivity contribution is 6.24. The first-order valence-corrected chi connectivity index (χ1v) is 12.4. The number of carbonyl (C=O) groups excluding carboxylic acids is 2. The summed E-state index contributed by atoms with van der Waals surface area (Å²) in [7, 11) is 1.55. The number of ether oxygens (including phenoxy) is 2. The molecular formula is C31H26N2O5. The first kappa shape index (κ1) is 23.8. The van der Waals surface area contributed by atoms with Crippen molar-refractivity contribution < 1.29 is 23.9 Å². The zero-order chi connectivity index (χ0) is 26.1. The minimum atomic E-state index is -0.937. The van der Waals surface area contributed by atoms with Crippen LogP contribution in [-0.2, 0) is 21.0 Å². The summed E-state index contributed by atoms with van der Waals surface area (Å²) in [5.74, 6) is -0.133. The van der Waals surface area contributed by atoms with Crippen molar-refractivity contribution in [3.8, 4) is 11.5 Å². The van der Waals surface area contributed by atoms with E-state index >= 15 is 0 Å². The van der Waals surface area contributed by atoms with E-state index < -0.39 is 18.1 Å². The molecule has 0 aromatic heterocycles. The predicted molar refractivity (Wildman–Crippen MR) is 143 cm³/mol. The number of methoxy groups -OCH3 is 1. The third kappa shape index (κ3) is 4.27. The van der Waals surface area contributed by atoms with Gasteiger partial charge in [-0.15, -0.1) is 0 Å². The Kier molecular flexibility index (Phi) is 6.27. The quantitative estimate of drug-likeness (QED) is 0.316. The summed E-state index contributed by atoms with van der Waals surface area (Å²) >= 11 is 0. The van der Waals surface area contributed by atoms with Crippen LogP contribution in [0.5, 0.6) is 11.5 Å². The van der Waals surface area contributed by atoms with Gasteiger partial charge in [-0.05, 0) is 47.5 Å². The van der Waals surface area contributed by atoms with Gasteiger partial charge < -0.3 is 9.47 Å². The fourth-order valence-corrected chi connectivity index (χ4v) is 5.06. The van der Waals surface area contributed by atoms with Crippen molar-refractivity contribution in [2.24, 2.45) is 5.92 Å². The van der Waals surface area contributed by atoms with Gasteiger partial charge in [0.05, 0.1) is 24.5 Å². The number of fused-ring (bicyclic) bond motifs is 1. The third-order valence-electron chi connectivity index (χ3n) is 6.91. The Labute approximate surface area is 220 Å². The van der Waals surface area contributed by atoms with Crippen LogP contribution in [0.3, 0.4) is 0 Å². The van der Waals surface area contributed by atoms with Crippen LogP contribution in [0, 0.1) is 5.92 Å². The molecule has 4 aromatic rings. The second-order valence-corrected chi connectivity index (χ2v) is 9.21. The number of nitrogens with zero attached hydrogens (tertiary/aromatic N) is 2. The van der Waals surface area contributed by atoms with Gasteiger partial charge in [0.2, 0.25) is 5.91 Å². The summed E-state index contributed by atoms with van der Waals surface area (Å²) in [5.41, 5.74) is 3.16. The van der Waals surface area contributed by atoms with Crippen LogP contribution in [0.15, 0.2) is 109 Å². The molecule has 38 heavy (non-hydrogen) atoms. The lowest BCUT2D eigenvalue weighted by molar-refractivity contribution is -0.126. The Balaban J connectivity index is 1.31. The number of hydroxylamine groups is 1. The Hall–Kier alpha value is -4.62. The number of amides is 2. The van der Waals surface area contributed by atoms with E-state index in [-0.39, 0.29) is 11.8 Å². The molecule has 2 heterocycles. The monoisotopic (exact) mass is 506 g/mol. The number of imide groups is 1. The number of hydrogen-bond acceptors (Lipinski definition) is 6. The van der Waals surface area contributed by atoms with Gasteiger partial charge in [0, 0.05) is 6.07 Å². The van der Waals surface area contributed by atoms with Gasteiger partial charge in [0.15, 0.2) is 6.10 Å². The lowest BCUT2D eigenvalue weighted by Crippen LogP contribution is -2.37. The lowest BCUT2D eigenvalue weighted by atomic mass is 9.90. The van der Waals surface area contributed by atoms with E-state index in [1.807, 2.05) is 84.9 Å². The Morgan fingerprint density at radius 3 is 2.13 bits per heavy atom. The molecule has 0 N–H and O–H groups in total. The molecule has 0 bridgehead atoms. The molecule has 7 nitrogen and oxygen atoms in total. The molecule has 0 radical (unpaired) electrons. The van der Waals surface area contributed by atoms with Gasteiger partial charge in [0.1, 0.15) is 24.0 Å². The summed E-state index contributed by atoms with van der Waals surface area (Å²) < 4.78 is 11.3. The highest BCUT2D eigenvalue weighted by Crippen LogP contribution is 2.48. The van der Waals surface area contributed by atoms with Gasteiger partial charge in [-0.3, -0.25) is 14.4 Å². The minimum absolute atomic E-state index is 0.305. The van der Waals surface area contributed by atoms with Crippen LogP contribution < -0.4 is 19.4 Å². The maximum atomic E-state index is 13.8. The first-order valence-electron chi connectivity index (χ1n) is 12.4. The van der Waals surface area contributed by atoms with Crippen molar-refractivity contribution in [3.63, 3.8) is 0 Å². The van der Waals surface area contributed by atoms with Crippen molar-refractivity contribution in [1.29, 1.82) is 0 Å². The van der Waals surface area contributed by atoms with Crippen LogP contribution in [0.25, 0.3) is 0 Å². The number of carbonyl (C=O) groups is 2. The molecule has 190 valence electrons. The van der Waals surface area contributed by atoms with Gasteiger partial charge in [-0.2, -0.15) is 0 Å². The summed E-state index contributed by atoms with van der Waals surface area (Å²) in [4.78, 5) is 34.8. The number of hydrogen-bond donors (Lipinski definition) is 0. The number of para-hydroxylation sites is 1. The largest absolute Gasteiger partial charge is 0.497 e. The van der Waals surface area contributed by atoms with Crippen LogP contribution in [0.4, 0.5) is 11.4 Å². The van der Waals surface area contributed by atoms with Crippen LogP contribution in [0.1, 0.15) is 17.2 Å². The molecule has 2 saturated heterocycles. The van der Waals surface area contributed by atoms with Gasteiger partial charge in [-0.25, -0.2) is 9.96 Å². The topological polar surface area (TPSA) is 68.3 Å².